The molecule has 9 heteroatoms. The number of rotatable bonds is 3. The molecule has 30 heavy (non-hydrogen) atoms. The summed E-state index contributed by atoms with van der Waals surface area (Å²) in [5.41, 5.74) is -0.0906. The van der Waals surface area contributed by atoms with Gasteiger partial charge in [-0.3, -0.25) is 4.79 Å². The minimum Gasteiger partial charge on any atom is -0.491 e. The Kier molecular flexibility index (Phi) is 6.06. The summed E-state index contributed by atoms with van der Waals surface area (Å²) in [6, 6.07) is 3.99. The quantitative estimate of drug-likeness (QED) is 0.786. The molecule has 0 aromatic heterocycles. The van der Waals surface area contributed by atoms with Gasteiger partial charge >= 0.3 is 6.03 Å². The van der Waals surface area contributed by atoms with E-state index in [4.69, 9.17) is 21.1 Å². The van der Waals surface area contributed by atoms with E-state index in [0.29, 0.717) is 38.5 Å². The molecule has 3 heterocycles. The summed E-state index contributed by atoms with van der Waals surface area (Å²) in [5.74, 6) is -0.0493. The maximum atomic E-state index is 13.2. The molecule has 1 N–H and O–H groups in total. The first-order valence-corrected chi connectivity index (χ1v) is 10.7. The van der Waals surface area contributed by atoms with Crippen molar-refractivity contribution in [3.8, 4) is 5.75 Å². The maximum absolute atomic E-state index is 13.2. The van der Waals surface area contributed by atoms with Crippen LogP contribution in [0.4, 0.5) is 9.18 Å². The first-order chi connectivity index (χ1) is 14.3. The van der Waals surface area contributed by atoms with Crippen LogP contribution in [0.25, 0.3) is 0 Å². The zero-order valence-corrected chi connectivity index (χ0v) is 17.8. The van der Waals surface area contributed by atoms with Crippen molar-refractivity contribution in [3.63, 3.8) is 0 Å². The third kappa shape index (κ3) is 4.64. The van der Waals surface area contributed by atoms with Crippen molar-refractivity contribution in [1.82, 2.24) is 15.1 Å². The largest absolute Gasteiger partial charge is 0.491 e. The number of urea groups is 1. The average molecular weight is 440 g/mol. The Morgan fingerprint density at radius 2 is 2.10 bits per heavy atom. The lowest BCUT2D eigenvalue weighted by Crippen LogP contribution is -2.62. The number of likely N-dealkylation sites (tertiary alicyclic amines) is 2. The third-order valence-electron chi connectivity index (χ3n) is 6.31. The van der Waals surface area contributed by atoms with Gasteiger partial charge in [0.15, 0.2) is 0 Å². The fraction of sp³-hybridized carbons (Fsp3) is 0.619. The molecule has 0 spiro atoms. The summed E-state index contributed by atoms with van der Waals surface area (Å²) in [7, 11) is 0. The topological polar surface area (TPSA) is 71.1 Å². The number of hydrogen-bond donors (Lipinski definition) is 1. The lowest BCUT2D eigenvalue weighted by molar-refractivity contribution is -0.139. The van der Waals surface area contributed by atoms with Crippen LogP contribution in [0.1, 0.15) is 26.2 Å². The Balaban J connectivity index is 1.28. The molecule has 3 amide bonds. The van der Waals surface area contributed by atoms with Gasteiger partial charge in [-0.05, 0) is 37.5 Å². The fourth-order valence-electron chi connectivity index (χ4n) is 4.30. The van der Waals surface area contributed by atoms with Crippen molar-refractivity contribution < 1.29 is 23.5 Å². The number of carbonyl (C=O) groups is 2. The van der Waals surface area contributed by atoms with Crippen LogP contribution >= 0.6 is 11.6 Å². The van der Waals surface area contributed by atoms with Gasteiger partial charge in [0.2, 0.25) is 5.91 Å². The summed E-state index contributed by atoms with van der Waals surface area (Å²) in [5, 5.41) is 3.19. The van der Waals surface area contributed by atoms with E-state index >= 15 is 0 Å². The second-order valence-electron chi connectivity index (χ2n) is 8.70. The van der Waals surface area contributed by atoms with Crippen molar-refractivity contribution in [1.29, 1.82) is 0 Å². The molecule has 1 unspecified atom stereocenters. The smallest absolute Gasteiger partial charge is 0.320 e. The van der Waals surface area contributed by atoms with Crippen molar-refractivity contribution in [2.75, 3.05) is 39.4 Å². The highest BCUT2D eigenvalue weighted by Crippen LogP contribution is 2.34. The van der Waals surface area contributed by atoms with Crippen LogP contribution in [0, 0.1) is 11.2 Å². The molecule has 3 fully saturated rings. The van der Waals surface area contributed by atoms with E-state index in [9.17, 15) is 14.0 Å². The number of nitrogens with one attached hydrogen (secondary N) is 1. The van der Waals surface area contributed by atoms with E-state index in [-0.39, 0.29) is 41.1 Å². The molecule has 7 nitrogen and oxygen atoms in total. The van der Waals surface area contributed by atoms with Crippen molar-refractivity contribution >= 4 is 23.5 Å². The number of nitrogens with zero attached hydrogens (tertiary/aromatic N) is 2. The van der Waals surface area contributed by atoms with E-state index in [1.165, 1.54) is 18.2 Å². The van der Waals surface area contributed by atoms with Gasteiger partial charge in [0.25, 0.3) is 0 Å². The fourth-order valence-corrected chi connectivity index (χ4v) is 4.52. The number of fused-ring (bicyclic) bond motifs is 1. The minimum absolute atomic E-state index is 0.00756. The number of halogens is 2. The first-order valence-electron chi connectivity index (χ1n) is 10.4. The number of piperidine rings is 2. The molecule has 2 atom stereocenters. The third-order valence-corrected chi connectivity index (χ3v) is 6.60. The Morgan fingerprint density at radius 1 is 1.33 bits per heavy atom. The van der Waals surface area contributed by atoms with Crippen LogP contribution in [-0.4, -0.2) is 73.3 Å². The van der Waals surface area contributed by atoms with Crippen molar-refractivity contribution in [2.24, 2.45) is 5.41 Å². The minimum atomic E-state index is -0.395. The Labute approximate surface area is 180 Å². The van der Waals surface area contributed by atoms with Crippen LogP contribution in [0.2, 0.25) is 5.02 Å². The second-order valence-corrected chi connectivity index (χ2v) is 9.11. The van der Waals surface area contributed by atoms with E-state index < -0.39 is 5.82 Å². The second kappa shape index (κ2) is 8.59. The van der Waals surface area contributed by atoms with Crippen LogP contribution < -0.4 is 10.1 Å². The first kappa shape index (κ1) is 21.2. The number of amides is 3. The lowest BCUT2D eigenvalue weighted by atomic mass is 9.81. The Hall–Kier alpha value is -2.06. The van der Waals surface area contributed by atoms with Gasteiger partial charge in [-0.15, -0.1) is 0 Å². The Bertz CT molecular complexity index is 815. The van der Waals surface area contributed by atoms with Gasteiger partial charge in [-0.2, -0.15) is 0 Å². The summed E-state index contributed by atoms with van der Waals surface area (Å²) in [4.78, 5) is 28.3. The highest BCUT2D eigenvalue weighted by molar-refractivity contribution is 6.32. The maximum Gasteiger partial charge on any atom is 0.320 e. The molecule has 1 aromatic rings. The number of hydrogen-bond acceptors (Lipinski definition) is 4. The molecular formula is C21H27ClFN3O4. The molecule has 3 saturated heterocycles. The summed E-state index contributed by atoms with van der Waals surface area (Å²) in [6.45, 7) is 5.09. The number of ether oxygens (including phenoxy) is 2. The average Bonchev–Trinajstić information content (AvgIpc) is 2.72. The van der Waals surface area contributed by atoms with Crippen LogP contribution in [0.5, 0.6) is 5.75 Å². The molecule has 0 radical (unpaired) electrons. The van der Waals surface area contributed by atoms with Gasteiger partial charge in [-0.25, -0.2) is 9.18 Å². The van der Waals surface area contributed by atoms with Gasteiger partial charge < -0.3 is 24.6 Å². The molecule has 0 aliphatic carbocycles. The summed E-state index contributed by atoms with van der Waals surface area (Å²) < 4.78 is 24.6. The molecule has 1 aromatic carbocycles. The van der Waals surface area contributed by atoms with Crippen LogP contribution in [-0.2, 0) is 9.53 Å². The zero-order valence-electron chi connectivity index (χ0n) is 17.0. The SMILES string of the molecule is CC1(COc2ccc(F)cc2Cl)CCN(C(=O)N2CCC3OCC(=O)N[C@@H]3C2)CC1. The summed E-state index contributed by atoms with van der Waals surface area (Å²) >= 11 is 6.04. The van der Waals surface area contributed by atoms with Gasteiger partial charge in [0, 0.05) is 31.6 Å². The molecule has 4 rings (SSSR count). The highest BCUT2D eigenvalue weighted by atomic mass is 35.5. The van der Waals surface area contributed by atoms with E-state index in [0.717, 1.165) is 19.3 Å². The predicted molar refractivity (Wildman–Crippen MR) is 109 cm³/mol. The van der Waals surface area contributed by atoms with E-state index in [1.54, 1.807) is 0 Å². The number of benzene rings is 1. The zero-order chi connectivity index (χ0) is 21.3. The molecular weight excluding hydrogens is 413 g/mol. The molecule has 3 aliphatic rings. The lowest BCUT2D eigenvalue weighted by Gasteiger charge is -2.44. The molecule has 3 aliphatic heterocycles. The molecule has 0 bridgehead atoms. The number of carbonyl (C=O) groups excluding carboxylic acids is 2. The van der Waals surface area contributed by atoms with Gasteiger partial charge in [0.1, 0.15) is 18.2 Å². The Morgan fingerprint density at radius 3 is 2.83 bits per heavy atom. The van der Waals surface area contributed by atoms with Crippen molar-refractivity contribution in [3.05, 3.63) is 29.0 Å². The van der Waals surface area contributed by atoms with E-state index in [1.807, 2.05) is 9.80 Å². The summed E-state index contributed by atoms with van der Waals surface area (Å²) in [6.07, 6.45) is 2.33. The van der Waals surface area contributed by atoms with Crippen LogP contribution in [0.15, 0.2) is 18.2 Å². The standard InChI is InChI=1S/C21H27ClFN3O4/c1-21(13-30-17-3-2-14(23)10-15(17)22)5-8-25(9-6-21)20(28)26-7-4-18-16(11-26)24-19(27)12-29-18/h2-3,10,16,18H,4-9,11-13H2,1H3,(H,24,27)/t16-,18?/m1/s1. The van der Waals surface area contributed by atoms with Gasteiger partial charge in [0.05, 0.1) is 23.8 Å². The predicted octanol–water partition coefficient (Wildman–Crippen LogP) is 2.67. The highest BCUT2D eigenvalue weighted by Gasteiger charge is 2.39. The monoisotopic (exact) mass is 439 g/mol. The molecule has 0 saturated carbocycles. The van der Waals surface area contributed by atoms with Gasteiger partial charge in [-0.1, -0.05) is 18.5 Å². The van der Waals surface area contributed by atoms with E-state index in [2.05, 4.69) is 12.2 Å². The van der Waals surface area contributed by atoms with Crippen molar-refractivity contribution in [2.45, 2.75) is 38.3 Å². The normalized spacial score (nSPS) is 26.0. The number of morpholine rings is 1. The molecule has 164 valence electrons. The van der Waals surface area contributed by atoms with Crippen LogP contribution in [0.3, 0.4) is 0 Å².